The summed E-state index contributed by atoms with van der Waals surface area (Å²) in [6, 6.07) is 10.2. The molecular weight excluding hydrogens is 614 g/mol. The maximum atomic E-state index is 11.3. The Morgan fingerprint density at radius 1 is 0.875 bits per heavy atom. The molecule has 212 valence electrons. The Morgan fingerprint density at radius 2 is 1.32 bits per heavy atom. The van der Waals surface area contributed by atoms with E-state index in [1.54, 1.807) is 46.2 Å². The molecule has 0 saturated carbocycles. The molecule has 15 heteroatoms. The second kappa shape index (κ2) is 13.7. The number of hydrogen-bond acceptors (Lipinski definition) is 9. The van der Waals surface area contributed by atoms with Crippen LogP contribution in [-0.4, -0.2) is 50.5 Å². The van der Waals surface area contributed by atoms with Crippen molar-refractivity contribution >= 4 is 54.8 Å². The molecule has 0 bridgehead atoms. The van der Waals surface area contributed by atoms with Gasteiger partial charge in [-0.05, 0) is 67.8 Å². The zero-order chi connectivity index (χ0) is 28.4. The number of ether oxygens (including phenoxy) is 2. The fraction of sp³-hybridized carbons (Fsp3) is 0.360. The van der Waals surface area contributed by atoms with Crippen LogP contribution in [-0.2, 0) is 20.2 Å². The Kier molecular flexibility index (Phi) is 11.3. The Hall–Kier alpha value is -1.48. The quantitative estimate of drug-likeness (QED) is 0.287. The van der Waals surface area contributed by atoms with Crippen LogP contribution in [0.1, 0.15) is 26.2 Å². The van der Waals surface area contributed by atoms with Crippen molar-refractivity contribution in [1.82, 2.24) is 0 Å². The van der Waals surface area contributed by atoms with Gasteiger partial charge < -0.3 is 23.8 Å². The Bertz CT molecular complexity index is 1410. The van der Waals surface area contributed by atoms with Crippen molar-refractivity contribution < 1.29 is 65.0 Å². The molecular formula is C25H27Cl2N2NaO8S2. The smallest absolute Gasteiger partial charge is 0.748 e. The molecule has 1 atom stereocenters. The van der Waals surface area contributed by atoms with Crippen molar-refractivity contribution in [3.63, 3.8) is 0 Å². The van der Waals surface area contributed by atoms with E-state index in [0.29, 0.717) is 51.1 Å². The van der Waals surface area contributed by atoms with Gasteiger partial charge in [0.1, 0.15) is 0 Å². The summed E-state index contributed by atoms with van der Waals surface area (Å²) in [5.74, 6) is 0.880. The van der Waals surface area contributed by atoms with E-state index in [0.717, 1.165) is 0 Å². The molecule has 40 heavy (non-hydrogen) atoms. The third-order valence-corrected chi connectivity index (χ3v) is 8.19. The summed E-state index contributed by atoms with van der Waals surface area (Å²) in [6.07, 6.45) is 4.61. The largest absolute Gasteiger partial charge is 1.00 e. The van der Waals surface area contributed by atoms with Crippen LogP contribution in [0, 0.1) is 5.92 Å². The second-order valence-electron chi connectivity index (χ2n) is 9.07. The molecule has 0 saturated heterocycles. The van der Waals surface area contributed by atoms with Crippen LogP contribution in [0.5, 0.6) is 11.5 Å². The van der Waals surface area contributed by atoms with Gasteiger partial charge in [0.05, 0.1) is 27.2 Å². The van der Waals surface area contributed by atoms with Gasteiger partial charge in [0.15, 0.2) is 23.3 Å². The summed E-state index contributed by atoms with van der Waals surface area (Å²) in [6.45, 7) is 2.44. The van der Waals surface area contributed by atoms with E-state index in [9.17, 15) is 21.4 Å². The van der Waals surface area contributed by atoms with Gasteiger partial charge in [0.25, 0.3) is 10.1 Å². The number of fused-ring (bicyclic) bond motifs is 2. The molecule has 1 N–H and O–H groups in total. The Labute approximate surface area is 266 Å². The first-order valence-corrected chi connectivity index (χ1v) is 16.1. The Balaban J connectivity index is 0.00000441. The molecule has 4 rings (SSSR count). The molecule has 0 aliphatic carbocycles. The fourth-order valence-corrected chi connectivity index (χ4v) is 5.62. The zero-order valence-electron chi connectivity index (χ0n) is 21.9. The number of anilines is 2. The van der Waals surface area contributed by atoms with E-state index < -0.39 is 31.7 Å². The van der Waals surface area contributed by atoms with Crippen molar-refractivity contribution in [1.29, 1.82) is 0 Å². The average Bonchev–Trinajstić information content (AvgIpc) is 3.34. The van der Waals surface area contributed by atoms with Crippen molar-refractivity contribution in [2.45, 2.75) is 26.2 Å². The van der Waals surface area contributed by atoms with Crippen LogP contribution in [0.4, 0.5) is 11.4 Å². The molecule has 0 spiro atoms. The molecule has 0 aromatic heterocycles. The van der Waals surface area contributed by atoms with Crippen LogP contribution in [0.15, 0.2) is 60.3 Å². The van der Waals surface area contributed by atoms with Gasteiger partial charge >= 0.3 is 29.6 Å². The summed E-state index contributed by atoms with van der Waals surface area (Å²) in [5, 5.41) is 0.963. The van der Waals surface area contributed by atoms with E-state index in [1.807, 2.05) is 19.1 Å². The first-order valence-electron chi connectivity index (χ1n) is 12.2. The molecule has 2 aromatic carbocycles. The summed E-state index contributed by atoms with van der Waals surface area (Å²) in [5.41, 5.74) is 1.33. The van der Waals surface area contributed by atoms with E-state index >= 15 is 0 Å². The number of hydrogen-bond donors (Lipinski definition) is 1. The SMILES string of the molecule is CCC(/C=C1\Oc2ccc(Cl)cc2N1CCCS(=O)(=O)O)/C=C1/Oc2ccc(Cl)cc2N1CCCS(=O)(=O)[O-].[Na+]. The number of halogens is 2. The van der Waals surface area contributed by atoms with Crippen LogP contribution in [0.3, 0.4) is 0 Å². The van der Waals surface area contributed by atoms with Gasteiger partial charge in [-0.1, -0.05) is 30.1 Å². The number of allylic oxidation sites excluding steroid dienone is 2. The van der Waals surface area contributed by atoms with Crippen LogP contribution < -0.4 is 48.8 Å². The standard InChI is InChI=1S/C25H28Cl2N2O8S2.Na/c1-2-17(13-24-28(9-3-11-38(30,31)32)20-15-18(26)5-7-22(20)36-24)14-25-29(10-4-12-39(33,34)35)21-16-19(27)6-8-23(21)37-25;/h5-8,13-17H,2-4,9-12H2,1H3,(H,30,31,32)(H,33,34,35);/q;+1/p-1/b24-13-,25-14+;. The molecule has 2 aromatic rings. The maximum absolute atomic E-state index is 11.3. The summed E-state index contributed by atoms with van der Waals surface area (Å²) >= 11 is 12.4. The van der Waals surface area contributed by atoms with Crippen LogP contribution in [0.25, 0.3) is 0 Å². The Morgan fingerprint density at radius 3 is 1.73 bits per heavy atom. The van der Waals surface area contributed by atoms with Crippen molar-refractivity contribution in [3.05, 3.63) is 70.4 Å². The second-order valence-corrected chi connectivity index (χ2v) is 13.0. The van der Waals surface area contributed by atoms with Crippen LogP contribution in [0.2, 0.25) is 10.0 Å². The van der Waals surface area contributed by atoms with E-state index in [-0.39, 0.29) is 61.4 Å². The molecule has 2 heterocycles. The summed E-state index contributed by atoms with van der Waals surface area (Å²) in [4.78, 5) is 3.58. The van der Waals surface area contributed by atoms with Gasteiger partial charge in [-0.2, -0.15) is 8.42 Å². The molecule has 10 nitrogen and oxygen atoms in total. The predicted octanol–water partition coefficient (Wildman–Crippen LogP) is 2.02. The third-order valence-electron chi connectivity index (χ3n) is 6.13. The topological polar surface area (TPSA) is 137 Å². The predicted molar refractivity (Wildman–Crippen MR) is 149 cm³/mol. The molecule has 2 aliphatic heterocycles. The zero-order valence-corrected chi connectivity index (χ0v) is 27.1. The molecule has 2 aliphatic rings. The van der Waals surface area contributed by atoms with Crippen molar-refractivity contribution in [3.8, 4) is 11.5 Å². The average molecular weight is 642 g/mol. The number of benzene rings is 2. The summed E-state index contributed by atoms with van der Waals surface area (Å²) < 4.78 is 77.3. The molecule has 0 radical (unpaired) electrons. The van der Waals surface area contributed by atoms with Gasteiger partial charge in [-0.25, -0.2) is 8.42 Å². The van der Waals surface area contributed by atoms with E-state index in [2.05, 4.69) is 0 Å². The summed E-state index contributed by atoms with van der Waals surface area (Å²) in [7, 11) is -8.50. The van der Waals surface area contributed by atoms with E-state index in [1.165, 1.54) is 0 Å². The van der Waals surface area contributed by atoms with Crippen LogP contribution >= 0.6 is 23.2 Å². The third kappa shape index (κ3) is 8.76. The minimum absolute atomic E-state index is 0. The van der Waals surface area contributed by atoms with Crippen molar-refractivity contribution in [2.24, 2.45) is 5.92 Å². The maximum Gasteiger partial charge on any atom is 1.00 e. The minimum Gasteiger partial charge on any atom is -0.748 e. The van der Waals surface area contributed by atoms with Gasteiger partial charge in [0.2, 0.25) is 0 Å². The van der Waals surface area contributed by atoms with Gasteiger partial charge in [-0.3, -0.25) is 4.55 Å². The first kappa shape index (κ1) is 33.0. The fourth-order valence-electron chi connectivity index (χ4n) is 4.31. The normalized spacial score (nSPS) is 17.3. The van der Waals surface area contributed by atoms with Gasteiger partial charge in [0, 0.05) is 34.8 Å². The van der Waals surface area contributed by atoms with Crippen molar-refractivity contribution in [2.75, 3.05) is 34.4 Å². The monoisotopic (exact) mass is 640 g/mol. The molecule has 1 unspecified atom stereocenters. The minimum atomic E-state index is -4.37. The number of nitrogens with zero attached hydrogens (tertiary/aromatic N) is 2. The van der Waals surface area contributed by atoms with Gasteiger partial charge in [-0.15, -0.1) is 0 Å². The number of rotatable bonds is 11. The molecule has 0 amide bonds. The molecule has 0 fully saturated rings. The van der Waals surface area contributed by atoms with E-state index in [4.69, 9.17) is 37.2 Å². The first-order chi connectivity index (χ1) is 18.3.